The van der Waals surface area contributed by atoms with Crippen LogP contribution in [-0.4, -0.2) is 48.9 Å². The van der Waals surface area contributed by atoms with Crippen LogP contribution in [0.1, 0.15) is 16.3 Å². The molecule has 1 aromatic carbocycles. The average Bonchev–Trinajstić information content (AvgIpc) is 3.29. The van der Waals surface area contributed by atoms with Gasteiger partial charge in [-0.05, 0) is 55.0 Å². The highest BCUT2D eigenvalue weighted by Crippen LogP contribution is 2.34. The zero-order valence-corrected chi connectivity index (χ0v) is 18.5. The third-order valence-corrected chi connectivity index (χ3v) is 6.69. The summed E-state index contributed by atoms with van der Waals surface area (Å²) in [7, 11) is 1.57. The van der Waals surface area contributed by atoms with Crippen LogP contribution >= 0.6 is 23.1 Å². The Balaban J connectivity index is 1.51. The van der Waals surface area contributed by atoms with Crippen LogP contribution in [0.3, 0.4) is 0 Å². The number of fused-ring (bicyclic) bond motifs is 1. The molecule has 4 aromatic rings. The van der Waals surface area contributed by atoms with E-state index >= 15 is 0 Å². The van der Waals surface area contributed by atoms with E-state index in [-0.39, 0.29) is 11.7 Å². The summed E-state index contributed by atoms with van der Waals surface area (Å²) in [5.41, 5.74) is 2.43. The number of thioether (sulfide) groups is 1. The normalized spacial score (nSPS) is 11.1. The Morgan fingerprint density at radius 1 is 1.27 bits per heavy atom. The van der Waals surface area contributed by atoms with Crippen molar-refractivity contribution in [1.82, 2.24) is 30.2 Å². The van der Waals surface area contributed by atoms with Gasteiger partial charge in [0.15, 0.2) is 5.82 Å². The number of amides is 1. The Hall–Kier alpha value is -3.05. The van der Waals surface area contributed by atoms with Crippen LogP contribution in [0, 0.1) is 20.8 Å². The number of ether oxygens (including phenoxy) is 1. The molecular formula is C19H19N7O2S2. The summed E-state index contributed by atoms with van der Waals surface area (Å²) >= 11 is 3.04. The van der Waals surface area contributed by atoms with Crippen LogP contribution in [-0.2, 0) is 4.79 Å². The van der Waals surface area contributed by atoms with Gasteiger partial charge in [0.1, 0.15) is 27.6 Å². The summed E-state index contributed by atoms with van der Waals surface area (Å²) in [6, 6.07) is 5.32. The Kier molecular flexibility index (Phi) is 5.64. The number of tetrazole rings is 1. The molecule has 0 fully saturated rings. The zero-order valence-electron chi connectivity index (χ0n) is 16.8. The standard InChI is InChI=1S/C19H19N7O2S2/c1-10-11(2)30-19-17(10)18(20-9-21-19)29-8-16(27)22-13-5-6-15(28-4)14(7-13)26-12(3)23-24-25-26/h5-7,9H,8H2,1-4H3,(H,22,27). The molecule has 0 bridgehead atoms. The van der Waals surface area contributed by atoms with E-state index in [0.717, 1.165) is 20.8 Å². The monoisotopic (exact) mass is 441 g/mol. The maximum atomic E-state index is 12.6. The Morgan fingerprint density at radius 2 is 2.10 bits per heavy atom. The van der Waals surface area contributed by atoms with E-state index in [0.29, 0.717) is 22.9 Å². The molecule has 3 aromatic heterocycles. The number of rotatable bonds is 6. The molecule has 1 N–H and O–H groups in total. The van der Waals surface area contributed by atoms with Gasteiger partial charge >= 0.3 is 0 Å². The molecule has 1 amide bonds. The fraction of sp³-hybridized carbons (Fsp3) is 0.263. The highest BCUT2D eigenvalue weighted by atomic mass is 32.2. The average molecular weight is 442 g/mol. The highest BCUT2D eigenvalue weighted by Gasteiger charge is 2.15. The number of benzene rings is 1. The molecule has 0 saturated heterocycles. The van der Waals surface area contributed by atoms with E-state index in [2.05, 4.69) is 44.7 Å². The first kappa shape index (κ1) is 20.2. The number of nitrogens with one attached hydrogen (secondary N) is 1. The second-order valence-electron chi connectivity index (χ2n) is 6.50. The van der Waals surface area contributed by atoms with E-state index in [9.17, 15) is 4.79 Å². The molecule has 11 heteroatoms. The lowest BCUT2D eigenvalue weighted by atomic mass is 10.2. The number of carbonyl (C=O) groups is 1. The fourth-order valence-corrected chi connectivity index (χ4v) is 4.90. The molecule has 0 aliphatic rings. The number of carbonyl (C=O) groups excluding carboxylic acids is 1. The van der Waals surface area contributed by atoms with Crippen LogP contribution in [0.4, 0.5) is 5.69 Å². The van der Waals surface area contributed by atoms with E-state index in [1.165, 1.54) is 16.6 Å². The third-order valence-electron chi connectivity index (χ3n) is 4.59. The van der Waals surface area contributed by atoms with Crippen molar-refractivity contribution in [3.8, 4) is 11.4 Å². The lowest BCUT2D eigenvalue weighted by molar-refractivity contribution is -0.113. The highest BCUT2D eigenvalue weighted by molar-refractivity contribution is 8.00. The van der Waals surface area contributed by atoms with E-state index in [1.54, 1.807) is 54.6 Å². The first-order chi connectivity index (χ1) is 14.5. The Labute approximate surface area is 180 Å². The van der Waals surface area contributed by atoms with Crippen LogP contribution in [0.15, 0.2) is 29.6 Å². The van der Waals surface area contributed by atoms with Gasteiger partial charge in [-0.2, -0.15) is 4.68 Å². The van der Waals surface area contributed by atoms with E-state index in [4.69, 9.17) is 4.74 Å². The molecule has 154 valence electrons. The predicted octanol–water partition coefficient (Wildman–Crippen LogP) is 3.33. The molecule has 0 aliphatic heterocycles. The minimum Gasteiger partial charge on any atom is -0.494 e. The summed E-state index contributed by atoms with van der Waals surface area (Å²) in [6.07, 6.45) is 1.54. The molecule has 3 heterocycles. The van der Waals surface area contributed by atoms with Gasteiger partial charge in [-0.1, -0.05) is 11.8 Å². The van der Waals surface area contributed by atoms with Gasteiger partial charge in [0, 0.05) is 16.0 Å². The van der Waals surface area contributed by atoms with Crippen LogP contribution in [0.25, 0.3) is 15.9 Å². The number of hydrogen-bond donors (Lipinski definition) is 1. The minimum atomic E-state index is -0.138. The molecule has 0 spiro atoms. The fourth-order valence-electron chi connectivity index (χ4n) is 2.98. The summed E-state index contributed by atoms with van der Waals surface area (Å²) < 4.78 is 6.96. The maximum absolute atomic E-state index is 12.6. The summed E-state index contributed by atoms with van der Waals surface area (Å²) in [5.74, 6) is 1.30. The first-order valence-corrected chi connectivity index (χ1v) is 10.8. The molecule has 0 saturated carbocycles. The number of aryl methyl sites for hydroxylation is 3. The zero-order chi connectivity index (χ0) is 21.3. The van der Waals surface area contributed by atoms with Crippen molar-refractivity contribution in [2.75, 3.05) is 18.2 Å². The Morgan fingerprint density at radius 3 is 2.83 bits per heavy atom. The van der Waals surface area contributed by atoms with E-state index in [1.807, 2.05) is 0 Å². The topological polar surface area (TPSA) is 108 Å². The number of methoxy groups -OCH3 is 1. The predicted molar refractivity (Wildman–Crippen MR) is 117 cm³/mol. The molecule has 0 radical (unpaired) electrons. The molecule has 9 nitrogen and oxygen atoms in total. The SMILES string of the molecule is COc1ccc(NC(=O)CSc2ncnc3sc(C)c(C)c23)cc1-n1nnnc1C. The van der Waals surface area contributed by atoms with Crippen molar-refractivity contribution < 1.29 is 9.53 Å². The maximum Gasteiger partial charge on any atom is 0.234 e. The van der Waals surface area contributed by atoms with Gasteiger partial charge < -0.3 is 10.1 Å². The van der Waals surface area contributed by atoms with Crippen molar-refractivity contribution >= 4 is 44.9 Å². The van der Waals surface area contributed by atoms with Gasteiger partial charge in [-0.3, -0.25) is 4.79 Å². The summed E-state index contributed by atoms with van der Waals surface area (Å²) in [5, 5.41) is 16.3. The lowest BCUT2D eigenvalue weighted by Gasteiger charge is -2.12. The van der Waals surface area contributed by atoms with Gasteiger partial charge in [-0.15, -0.1) is 16.4 Å². The minimum absolute atomic E-state index is 0.138. The number of thiophene rings is 1. The molecule has 0 aliphatic carbocycles. The largest absolute Gasteiger partial charge is 0.494 e. The number of aromatic nitrogens is 6. The molecular weight excluding hydrogens is 422 g/mol. The second-order valence-corrected chi connectivity index (χ2v) is 8.67. The van der Waals surface area contributed by atoms with Crippen molar-refractivity contribution in [3.05, 3.63) is 40.8 Å². The first-order valence-electron chi connectivity index (χ1n) is 9.04. The molecule has 0 unspecified atom stereocenters. The van der Waals surface area contributed by atoms with E-state index < -0.39 is 0 Å². The van der Waals surface area contributed by atoms with Gasteiger partial charge in [0.05, 0.1) is 12.9 Å². The molecule has 4 rings (SSSR count). The van der Waals surface area contributed by atoms with Crippen molar-refractivity contribution in [2.24, 2.45) is 0 Å². The smallest absolute Gasteiger partial charge is 0.234 e. The van der Waals surface area contributed by atoms with Gasteiger partial charge in [0.2, 0.25) is 5.91 Å². The van der Waals surface area contributed by atoms with Crippen LogP contribution < -0.4 is 10.1 Å². The number of hydrogen-bond acceptors (Lipinski definition) is 9. The summed E-state index contributed by atoms with van der Waals surface area (Å²) in [6.45, 7) is 5.91. The summed E-state index contributed by atoms with van der Waals surface area (Å²) in [4.78, 5) is 23.4. The lowest BCUT2D eigenvalue weighted by Crippen LogP contribution is -2.14. The van der Waals surface area contributed by atoms with Crippen LogP contribution in [0.5, 0.6) is 5.75 Å². The quantitative estimate of drug-likeness (QED) is 0.359. The second kappa shape index (κ2) is 8.36. The molecule has 0 atom stereocenters. The number of anilines is 1. The van der Waals surface area contributed by atoms with Gasteiger partial charge in [0.25, 0.3) is 0 Å². The third kappa shape index (κ3) is 3.85. The van der Waals surface area contributed by atoms with Crippen molar-refractivity contribution in [2.45, 2.75) is 25.8 Å². The van der Waals surface area contributed by atoms with Gasteiger partial charge in [-0.25, -0.2) is 9.97 Å². The number of nitrogens with zero attached hydrogens (tertiary/aromatic N) is 6. The van der Waals surface area contributed by atoms with Crippen LogP contribution in [0.2, 0.25) is 0 Å². The Bertz CT molecular complexity index is 1240. The van der Waals surface area contributed by atoms with Crippen molar-refractivity contribution in [3.63, 3.8) is 0 Å². The molecule has 30 heavy (non-hydrogen) atoms. The van der Waals surface area contributed by atoms with Crippen molar-refractivity contribution in [1.29, 1.82) is 0 Å².